The highest BCUT2D eigenvalue weighted by molar-refractivity contribution is 6.27. The van der Waals surface area contributed by atoms with Crippen LogP contribution in [0.25, 0.3) is 17.9 Å². The van der Waals surface area contributed by atoms with E-state index in [0.29, 0.717) is 23.5 Å². The minimum atomic E-state index is -0.0233. The molecule has 0 radical (unpaired) electrons. The number of H-pyrrole nitrogens is 1. The van der Waals surface area contributed by atoms with Gasteiger partial charge in [-0.2, -0.15) is 0 Å². The smallest absolute Gasteiger partial charge is 0.162 e. The van der Waals surface area contributed by atoms with E-state index in [1.807, 2.05) is 19.1 Å². The number of aliphatic hydroxyl groups is 1. The van der Waals surface area contributed by atoms with Crippen LogP contribution in [0.1, 0.15) is 78.5 Å². The predicted octanol–water partition coefficient (Wildman–Crippen LogP) is 5.64. The summed E-state index contributed by atoms with van der Waals surface area (Å²) < 4.78 is 0. The van der Waals surface area contributed by atoms with Gasteiger partial charge in [-0.15, -0.1) is 0 Å². The number of hydrogen-bond acceptors (Lipinski definition) is 5. The minimum absolute atomic E-state index is 0.0233. The van der Waals surface area contributed by atoms with E-state index in [-0.39, 0.29) is 5.78 Å². The summed E-state index contributed by atoms with van der Waals surface area (Å²) in [5.41, 5.74) is 13.2. The Kier molecular flexibility index (Phi) is 6.01. The van der Waals surface area contributed by atoms with Crippen LogP contribution in [0.15, 0.2) is 77.7 Å². The molecule has 6 nitrogen and oxygen atoms in total. The fourth-order valence-corrected chi connectivity index (χ4v) is 6.44. The number of nitrogens with zero attached hydrogens (tertiary/aromatic N) is 3. The Hall–Kier alpha value is -4.06. The van der Waals surface area contributed by atoms with Crippen LogP contribution in [0.3, 0.4) is 0 Å². The Labute approximate surface area is 228 Å². The Morgan fingerprint density at radius 1 is 0.821 bits per heavy atom. The quantitative estimate of drug-likeness (QED) is 0.542. The highest BCUT2D eigenvalue weighted by Crippen LogP contribution is 2.35. The lowest BCUT2D eigenvalue weighted by molar-refractivity contribution is -0.113. The lowest BCUT2D eigenvalue weighted by atomic mass is 9.96. The zero-order valence-electron chi connectivity index (χ0n) is 23.5. The summed E-state index contributed by atoms with van der Waals surface area (Å²) in [6.07, 6.45) is 12.3. The zero-order chi connectivity index (χ0) is 27.6. The van der Waals surface area contributed by atoms with Gasteiger partial charge in [-0.3, -0.25) is 4.79 Å². The first kappa shape index (κ1) is 25.2. The standard InChI is InChI=1S/C33H34N4O2/c1-7-20-16(3)23-12-24-17(4)21(8-2)27(35-24)15-29-32(19(6)38)18(5)25(36-29)13-30-33-22(10-9-11-31(33)39)28(37-30)14-26(20)34-23/h12-15,37,39H,7-11H2,1-6H3. The van der Waals surface area contributed by atoms with Gasteiger partial charge >= 0.3 is 0 Å². The Morgan fingerprint density at radius 3 is 2.21 bits per heavy atom. The number of hydrogen-bond donors (Lipinski definition) is 2. The summed E-state index contributed by atoms with van der Waals surface area (Å²) in [6, 6.07) is 0. The molecule has 1 aromatic heterocycles. The Balaban J connectivity index is 1.72. The van der Waals surface area contributed by atoms with Crippen molar-refractivity contribution in [3.8, 4) is 0 Å². The molecular formula is C33H34N4O2. The minimum Gasteiger partial charge on any atom is -0.512 e. The zero-order valence-corrected chi connectivity index (χ0v) is 23.5. The number of allylic oxidation sites excluding steroid dienone is 8. The maximum atomic E-state index is 12.8. The summed E-state index contributed by atoms with van der Waals surface area (Å²) in [5.74, 6) is 0.372. The van der Waals surface area contributed by atoms with Crippen molar-refractivity contribution in [3.63, 3.8) is 0 Å². The van der Waals surface area contributed by atoms with Crippen molar-refractivity contribution in [1.82, 2.24) is 4.98 Å². The number of aromatic nitrogens is 1. The monoisotopic (exact) mass is 518 g/mol. The number of carbonyl (C=O) groups excluding carboxylic acids is 1. The van der Waals surface area contributed by atoms with Crippen LogP contribution in [0.2, 0.25) is 0 Å². The molecule has 8 bridgehead atoms. The molecule has 0 aromatic carbocycles. The second-order valence-electron chi connectivity index (χ2n) is 10.8. The van der Waals surface area contributed by atoms with E-state index in [9.17, 15) is 9.90 Å². The maximum absolute atomic E-state index is 12.8. The lowest BCUT2D eigenvalue weighted by Gasteiger charge is -2.09. The number of rotatable bonds is 3. The van der Waals surface area contributed by atoms with Gasteiger partial charge < -0.3 is 10.1 Å². The molecule has 4 aliphatic heterocycles. The van der Waals surface area contributed by atoms with Crippen molar-refractivity contribution in [1.29, 1.82) is 0 Å². The van der Waals surface area contributed by atoms with E-state index in [1.165, 1.54) is 5.57 Å². The molecule has 1 aliphatic carbocycles. The molecule has 0 spiro atoms. The number of carbonyl (C=O) groups is 1. The molecule has 6 heteroatoms. The molecule has 5 heterocycles. The molecule has 6 rings (SSSR count). The van der Waals surface area contributed by atoms with Gasteiger partial charge in [-0.05, 0) is 111 Å². The molecule has 39 heavy (non-hydrogen) atoms. The van der Waals surface area contributed by atoms with Gasteiger partial charge in [0, 0.05) is 22.9 Å². The molecule has 0 atom stereocenters. The summed E-state index contributed by atoms with van der Waals surface area (Å²) >= 11 is 0. The molecule has 198 valence electrons. The van der Waals surface area contributed by atoms with E-state index >= 15 is 0 Å². The van der Waals surface area contributed by atoms with Gasteiger partial charge in [-0.25, -0.2) is 15.0 Å². The first-order valence-electron chi connectivity index (χ1n) is 13.9. The number of aliphatic hydroxyl groups excluding tert-OH is 1. The first-order chi connectivity index (χ1) is 18.7. The van der Waals surface area contributed by atoms with Gasteiger partial charge in [0.25, 0.3) is 0 Å². The molecule has 0 saturated heterocycles. The van der Waals surface area contributed by atoms with E-state index in [1.54, 1.807) is 6.92 Å². The number of nitrogens with one attached hydrogen (secondary N) is 1. The van der Waals surface area contributed by atoms with E-state index in [2.05, 4.69) is 44.8 Å². The Bertz CT molecular complexity index is 1790. The number of Topliss-reactive ketones (excluding diaryl/α,β-unsaturated/α-hetero) is 1. The first-order valence-corrected chi connectivity index (χ1v) is 13.9. The topological polar surface area (TPSA) is 90.2 Å². The van der Waals surface area contributed by atoms with E-state index < -0.39 is 0 Å². The molecule has 0 fully saturated rings. The third-order valence-corrected chi connectivity index (χ3v) is 8.49. The van der Waals surface area contributed by atoms with Crippen molar-refractivity contribution in [3.05, 3.63) is 84.5 Å². The van der Waals surface area contributed by atoms with E-state index in [4.69, 9.17) is 15.0 Å². The van der Waals surface area contributed by atoms with Gasteiger partial charge in [0.15, 0.2) is 5.78 Å². The van der Waals surface area contributed by atoms with Crippen molar-refractivity contribution in [2.45, 2.75) is 73.6 Å². The normalized spacial score (nSPS) is 20.4. The number of fused-ring (bicyclic) bond motifs is 8. The fraction of sp³-hybridized carbons (Fsp3) is 0.333. The number of aliphatic imine (C=N–C) groups is 3. The molecule has 2 N–H and O–H groups in total. The second kappa shape index (κ2) is 9.30. The third-order valence-electron chi connectivity index (χ3n) is 8.49. The van der Waals surface area contributed by atoms with Crippen molar-refractivity contribution in [2.24, 2.45) is 15.0 Å². The van der Waals surface area contributed by atoms with Crippen LogP contribution in [0, 0.1) is 0 Å². The second-order valence-corrected chi connectivity index (χ2v) is 10.8. The summed E-state index contributed by atoms with van der Waals surface area (Å²) in [7, 11) is 0. The fourth-order valence-electron chi connectivity index (χ4n) is 6.44. The van der Waals surface area contributed by atoms with Gasteiger partial charge in [0.1, 0.15) is 5.76 Å². The average molecular weight is 519 g/mol. The van der Waals surface area contributed by atoms with Gasteiger partial charge in [-0.1, -0.05) is 13.8 Å². The number of ketones is 1. The maximum Gasteiger partial charge on any atom is 0.162 e. The average Bonchev–Trinajstić information content (AvgIpc) is 3.58. The van der Waals surface area contributed by atoms with Crippen LogP contribution >= 0.6 is 0 Å². The van der Waals surface area contributed by atoms with Crippen LogP contribution in [0.5, 0.6) is 0 Å². The summed E-state index contributed by atoms with van der Waals surface area (Å²) in [5, 5.41) is 12.7. The van der Waals surface area contributed by atoms with Crippen molar-refractivity contribution < 1.29 is 9.90 Å². The molecule has 0 amide bonds. The third kappa shape index (κ3) is 3.92. The van der Waals surface area contributed by atoms with Crippen LogP contribution in [0.4, 0.5) is 0 Å². The SMILES string of the molecule is CCC1=C(C)C2=NC1=Cc1[nH]c(c3c1CCCC=3O)=CC1=NC(=CC3=NC(=C2)C(C)=C3CC)C(C(C)=O)=C1C. The molecule has 0 unspecified atom stereocenters. The summed E-state index contributed by atoms with van der Waals surface area (Å²) in [4.78, 5) is 31.5. The van der Waals surface area contributed by atoms with Crippen LogP contribution in [-0.2, 0) is 11.2 Å². The summed E-state index contributed by atoms with van der Waals surface area (Å²) in [6.45, 7) is 12.1. The predicted molar refractivity (Wildman–Crippen MR) is 159 cm³/mol. The lowest BCUT2D eigenvalue weighted by Crippen LogP contribution is -2.31. The molecular weight excluding hydrogens is 484 g/mol. The highest BCUT2D eigenvalue weighted by Gasteiger charge is 2.28. The van der Waals surface area contributed by atoms with Gasteiger partial charge in [0.2, 0.25) is 0 Å². The van der Waals surface area contributed by atoms with Gasteiger partial charge in [0.05, 0.1) is 39.6 Å². The van der Waals surface area contributed by atoms with E-state index in [0.717, 1.165) is 98.3 Å². The van der Waals surface area contributed by atoms with Crippen molar-refractivity contribution >= 4 is 40.8 Å². The number of aromatic amines is 1. The molecule has 5 aliphatic rings. The molecule has 0 saturated carbocycles. The largest absolute Gasteiger partial charge is 0.512 e. The molecule has 1 aromatic rings. The Morgan fingerprint density at radius 2 is 1.49 bits per heavy atom. The van der Waals surface area contributed by atoms with Crippen LogP contribution in [-0.4, -0.2) is 33.0 Å². The van der Waals surface area contributed by atoms with Crippen molar-refractivity contribution in [2.75, 3.05) is 0 Å². The highest BCUT2D eigenvalue weighted by atomic mass is 16.3. The van der Waals surface area contributed by atoms with Crippen LogP contribution < -0.4 is 10.6 Å².